The zero-order valence-electron chi connectivity index (χ0n) is 17.6. The lowest BCUT2D eigenvalue weighted by molar-refractivity contribution is 0.0949. The van der Waals surface area contributed by atoms with Crippen LogP contribution in [0.5, 0.6) is 0 Å². The van der Waals surface area contributed by atoms with Gasteiger partial charge in [0.1, 0.15) is 0 Å². The Balaban J connectivity index is 1.64. The molecule has 0 spiro atoms. The fourth-order valence-corrected chi connectivity index (χ4v) is 4.04. The third-order valence-electron chi connectivity index (χ3n) is 4.75. The van der Waals surface area contributed by atoms with E-state index in [1.54, 1.807) is 12.1 Å². The Kier molecular flexibility index (Phi) is 7.44. The van der Waals surface area contributed by atoms with E-state index in [0.717, 1.165) is 16.7 Å². The van der Waals surface area contributed by atoms with Crippen LogP contribution in [-0.4, -0.2) is 20.9 Å². The molecule has 0 radical (unpaired) electrons. The number of rotatable bonds is 9. The Morgan fingerprint density at radius 2 is 1.55 bits per heavy atom. The second kappa shape index (κ2) is 10.2. The summed E-state index contributed by atoms with van der Waals surface area (Å²) in [6.07, 6.45) is 0. The summed E-state index contributed by atoms with van der Waals surface area (Å²) in [5, 5.41) is 2.88. The molecule has 0 atom stereocenters. The van der Waals surface area contributed by atoms with Crippen LogP contribution in [0.2, 0.25) is 0 Å². The maximum Gasteiger partial charge on any atom is 0.261 e. The molecule has 0 fully saturated rings. The predicted octanol–water partition coefficient (Wildman–Crippen LogP) is 4.26. The first-order valence-electron chi connectivity index (χ1n) is 10.0. The molecule has 0 aromatic heterocycles. The van der Waals surface area contributed by atoms with Crippen LogP contribution in [0.4, 0.5) is 5.69 Å². The Bertz CT molecular complexity index is 1130. The summed E-state index contributed by atoms with van der Waals surface area (Å²) in [6.45, 7) is 5.33. The zero-order chi connectivity index (χ0) is 22.3. The minimum atomic E-state index is -3.73. The van der Waals surface area contributed by atoms with Gasteiger partial charge < -0.3 is 10.1 Å². The summed E-state index contributed by atoms with van der Waals surface area (Å²) in [6, 6.07) is 20.7. The highest BCUT2D eigenvalue weighted by Crippen LogP contribution is 2.17. The van der Waals surface area contributed by atoms with E-state index in [2.05, 4.69) is 10.0 Å². The van der Waals surface area contributed by atoms with Gasteiger partial charge in [0.25, 0.3) is 15.9 Å². The lowest BCUT2D eigenvalue weighted by atomic mass is 10.1. The summed E-state index contributed by atoms with van der Waals surface area (Å²) in [7, 11) is -3.73. The van der Waals surface area contributed by atoms with E-state index >= 15 is 0 Å². The van der Waals surface area contributed by atoms with Crippen molar-refractivity contribution >= 4 is 21.6 Å². The standard InChI is InChI=1S/C24H26N2O4S/c1-3-30-17-21-7-5-4-6-20(21)16-25-24(27)19-10-14-23(15-11-19)31(28,29)26-22-12-8-18(2)9-13-22/h4-15,26H,3,16-17H2,1-2H3,(H,25,27). The molecule has 0 aliphatic heterocycles. The third kappa shape index (κ3) is 6.16. The number of aryl methyl sites for hydroxylation is 1. The van der Waals surface area contributed by atoms with Gasteiger partial charge in [0.2, 0.25) is 0 Å². The van der Waals surface area contributed by atoms with E-state index in [-0.39, 0.29) is 10.8 Å². The molecule has 1 amide bonds. The molecule has 0 saturated heterocycles. The monoisotopic (exact) mass is 438 g/mol. The molecular formula is C24H26N2O4S. The van der Waals surface area contributed by atoms with Crippen molar-refractivity contribution in [3.8, 4) is 0 Å². The number of carbonyl (C=O) groups excluding carboxylic acids is 1. The van der Waals surface area contributed by atoms with Crippen LogP contribution >= 0.6 is 0 Å². The summed E-state index contributed by atoms with van der Waals surface area (Å²) in [4.78, 5) is 12.6. The van der Waals surface area contributed by atoms with Gasteiger partial charge in [-0.1, -0.05) is 42.0 Å². The topological polar surface area (TPSA) is 84.5 Å². The van der Waals surface area contributed by atoms with Gasteiger partial charge in [0, 0.05) is 24.4 Å². The van der Waals surface area contributed by atoms with Crippen LogP contribution in [0.3, 0.4) is 0 Å². The van der Waals surface area contributed by atoms with Gasteiger partial charge in [-0.05, 0) is 61.4 Å². The van der Waals surface area contributed by atoms with Crippen LogP contribution in [-0.2, 0) is 27.9 Å². The molecule has 0 aliphatic rings. The fourth-order valence-electron chi connectivity index (χ4n) is 2.98. The van der Waals surface area contributed by atoms with Crippen molar-refractivity contribution in [1.29, 1.82) is 0 Å². The zero-order valence-corrected chi connectivity index (χ0v) is 18.4. The van der Waals surface area contributed by atoms with Crippen molar-refractivity contribution < 1.29 is 17.9 Å². The van der Waals surface area contributed by atoms with Crippen molar-refractivity contribution in [1.82, 2.24) is 5.32 Å². The lowest BCUT2D eigenvalue weighted by Gasteiger charge is -2.11. The quantitative estimate of drug-likeness (QED) is 0.523. The number of nitrogens with one attached hydrogen (secondary N) is 2. The number of sulfonamides is 1. The minimum absolute atomic E-state index is 0.0895. The van der Waals surface area contributed by atoms with Crippen LogP contribution in [0, 0.1) is 6.92 Å². The highest BCUT2D eigenvalue weighted by Gasteiger charge is 2.15. The Labute approximate surface area is 183 Å². The normalized spacial score (nSPS) is 11.2. The van der Waals surface area contributed by atoms with Gasteiger partial charge in [0.15, 0.2) is 0 Å². The average molecular weight is 439 g/mol. The van der Waals surface area contributed by atoms with Gasteiger partial charge in [-0.15, -0.1) is 0 Å². The van der Waals surface area contributed by atoms with Gasteiger partial charge in [0.05, 0.1) is 11.5 Å². The summed E-state index contributed by atoms with van der Waals surface area (Å²) in [5.74, 6) is -0.276. The molecule has 162 valence electrons. The Morgan fingerprint density at radius 1 is 0.903 bits per heavy atom. The second-order valence-electron chi connectivity index (χ2n) is 7.08. The first-order valence-corrected chi connectivity index (χ1v) is 11.5. The molecule has 3 rings (SSSR count). The van der Waals surface area contributed by atoms with Gasteiger partial charge in [-0.25, -0.2) is 8.42 Å². The molecule has 3 aromatic rings. The molecular weight excluding hydrogens is 412 g/mol. The number of hydrogen-bond donors (Lipinski definition) is 2. The Morgan fingerprint density at radius 3 is 2.19 bits per heavy atom. The molecule has 0 bridgehead atoms. The molecule has 0 unspecified atom stereocenters. The van der Waals surface area contributed by atoms with E-state index in [1.807, 2.05) is 50.2 Å². The van der Waals surface area contributed by atoms with Crippen LogP contribution in [0.25, 0.3) is 0 Å². The first kappa shape index (κ1) is 22.5. The van der Waals surface area contributed by atoms with Crippen LogP contribution < -0.4 is 10.0 Å². The first-order chi connectivity index (χ1) is 14.9. The number of hydrogen-bond acceptors (Lipinski definition) is 4. The van der Waals surface area contributed by atoms with Crippen LogP contribution in [0.1, 0.15) is 34.0 Å². The van der Waals surface area contributed by atoms with E-state index < -0.39 is 10.0 Å². The van der Waals surface area contributed by atoms with Crippen molar-refractivity contribution in [2.75, 3.05) is 11.3 Å². The second-order valence-corrected chi connectivity index (χ2v) is 8.77. The number of amides is 1. The van der Waals surface area contributed by atoms with Crippen molar-refractivity contribution in [3.63, 3.8) is 0 Å². The number of anilines is 1. The van der Waals surface area contributed by atoms with E-state index in [4.69, 9.17) is 4.74 Å². The average Bonchev–Trinajstić information content (AvgIpc) is 2.78. The summed E-state index contributed by atoms with van der Waals surface area (Å²) in [5.41, 5.74) is 3.91. The van der Waals surface area contributed by atoms with Gasteiger partial charge in [-0.2, -0.15) is 0 Å². The molecule has 0 aliphatic carbocycles. The van der Waals surface area contributed by atoms with E-state index in [1.165, 1.54) is 24.3 Å². The molecule has 0 heterocycles. The summed E-state index contributed by atoms with van der Waals surface area (Å²) < 4.78 is 33.2. The SMILES string of the molecule is CCOCc1ccccc1CNC(=O)c1ccc(S(=O)(=O)Nc2ccc(C)cc2)cc1. The predicted molar refractivity (Wildman–Crippen MR) is 121 cm³/mol. The highest BCUT2D eigenvalue weighted by atomic mass is 32.2. The highest BCUT2D eigenvalue weighted by molar-refractivity contribution is 7.92. The fraction of sp³-hybridized carbons (Fsp3) is 0.208. The number of ether oxygens (including phenoxy) is 1. The van der Waals surface area contributed by atoms with Crippen LogP contribution in [0.15, 0.2) is 77.7 Å². The number of benzene rings is 3. The molecule has 31 heavy (non-hydrogen) atoms. The minimum Gasteiger partial charge on any atom is -0.377 e. The maximum atomic E-state index is 12.6. The lowest BCUT2D eigenvalue weighted by Crippen LogP contribution is -2.23. The largest absolute Gasteiger partial charge is 0.377 e. The maximum absolute atomic E-state index is 12.6. The van der Waals surface area contributed by atoms with Gasteiger partial charge >= 0.3 is 0 Å². The number of carbonyl (C=O) groups is 1. The molecule has 0 saturated carbocycles. The van der Waals surface area contributed by atoms with Crippen molar-refractivity contribution in [3.05, 3.63) is 95.1 Å². The smallest absolute Gasteiger partial charge is 0.261 e. The molecule has 2 N–H and O–H groups in total. The van der Waals surface area contributed by atoms with Crippen molar-refractivity contribution in [2.24, 2.45) is 0 Å². The van der Waals surface area contributed by atoms with E-state index in [0.29, 0.717) is 31.0 Å². The van der Waals surface area contributed by atoms with Gasteiger partial charge in [-0.3, -0.25) is 9.52 Å². The molecule has 7 heteroatoms. The molecule has 3 aromatic carbocycles. The molecule has 6 nitrogen and oxygen atoms in total. The Hall–Kier alpha value is -3.16. The van der Waals surface area contributed by atoms with E-state index in [9.17, 15) is 13.2 Å². The summed E-state index contributed by atoms with van der Waals surface area (Å²) >= 11 is 0. The third-order valence-corrected chi connectivity index (χ3v) is 6.15. The van der Waals surface area contributed by atoms with Crippen molar-refractivity contribution in [2.45, 2.75) is 31.9 Å².